The van der Waals surface area contributed by atoms with Crippen LogP contribution in [0.15, 0.2) is 18.2 Å². The second kappa shape index (κ2) is 7.78. The maximum atomic E-state index is 13.6. The van der Waals surface area contributed by atoms with Gasteiger partial charge in [-0.15, -0.1) is 0 Å². The lowest BCUT2D eigenvalue weighted by atomic mass is 9.96. The van der Waals surface area contributed by atoms with Crippen molar-refractivity contribution in [2.75, 3.05) is 52.5 Å². The van der Waals surface area contributed by atoms with Crippen molar-refractivity contribution in [3.63, 3.8) is 0 Å². The third-order valence-electron chi connectivity index (χ3n) is 4.86. The summed E-state index contributed by atoms with van der Waals surface area (Å²) in [6.45, 7) is 5.17. The molecule has 0 aliphatic carbocycles. The molecule has 1 N–H and O–H groups in total. The van der Waals surface area contributed by atoms with Crippen molar-refractivity contribution in [3.05, 3.63) is 34.6 Å². The summed E-state index contributed by atoms with van der Waals surface area (Å²) in [5.74, 6) is -0.540. The summed E-state index contributed by atoms with van der Waals surface area (Å²) in [7, 11) is 0. The van der Waals surface area contributed by atoms with Crippen LogP contribution < -0.4 is 0 Å². The van der Waals surface area contributed by atoms with Gasteiger partial charge >= 0.3 is 0 Å². The predicted molar refractivity (Wildman–Crippen MR) is 88.6 cm³/mol. The first-order valence-electron chi connectivity index (χ1n) is 8.23. The van der Waals surface area contributed by atoms with Gasteiger partial charge in [-0.1, -0.05) is 11.6 Å². The SMILES string of the molecule is O=C(c1ccc(Cl)c(F)c1)N1C[C@@H](CO)[C@@H](CN2CCOCC2)C1. The lowest BCUT2D eigenvalue weighted by Gasteiger charge is -2.30. The van der Waals surface area contributed by atoms with Crippen LogP contribution in [0.4, 0.5) is 4.39 Å². The van der Waals surface area contributed by atoms with Crippen LogP contribution in [-0.4, -0.2) is 73.4 Å². The number of hydrogen-bond acceptors (Lipinski definition) is 4. The third kappa shape index (κ3) is 3.88. The highest BCUT2D eigenvalue weighted by Gasteiger charge is 2.36. The monoisotopic (exact) mass is 356 g/mol. The van der Waals surface area contributed by atoms with Crippen LogP contribution >= 0.6 is 11.6 Å². The molecule has 0 spiro atoms. The molecule has 0 unspecified atom stereocenters. The van der Waals surface area contributed by atoms with E-state index in [1.54, 1.807) is 4.90 Å². The molecule has 0 bridgehead atoms. The molecular formula is C17H22ClFN2O3. The Morgan fingerprint density at radius 1 is 1.29 bits per heavy atom. The van der Waals surface area contributed by atoms with Gasteiger partial charge in [-0.2, -0.15) is 0 Å². The Kier molecular flexibility index (Phi) is 5.71. The smallest absolute Gasteiger partial charge is 0.253 e. The topological polar surface area (TPSA) is 53.0 Å². The van der Waals surface area contributed by atoms with Gasteiger partial charge in [-0.3, -0.25) is 9.69 Å². The molecule has 2 heterocycles. The molecule has 2 atom stereocenters. The summed E-state index contributed by atoms with van der Waals surface area (Å²) in [6.07, 6.45) is 0. The molecule has 5 nitrogen and oxygen atoms in total. The van der Waals surface area contributed by atoms with Gasteiger partial charge in [-0.05, 0) is 24.1 Å². The fourth-order valence-electron chi connectivity index (χ4n) is 3.45. The van der Waals surface area contributed by atoms with Gasteiger partial charge in [0.1, 0.15) is 5.82 Å². The van der Waals surface area contributed by atoms with E-state index in [1.165, 1.54) is 18.2 Å². The molecule has 0 aromatic heterocycles. The number of likely N-dealkylation sites (tertiary alicyclic amines) is 1. The van der Waals surface area contributed by atoms with E-state index in [9.17, 15) is 14.3 Å². The number of hydrogen-bond donors (Lipinski definition) is 1. The van der Waals surface area contributed by atoms with E-state index in [0.29, 0.717) is 18.7 Å². The molecule has 1 aromatic rings. The van der Waals surface area contributed by atoms with Gasteiger partial charge < -0.3 is 14.7 Å². The van der Waals surface area contributed by atoms with Crippen molar-refractivity contribution in [2.45, 2.75) is 0 Å². The molecule has 132 valence electrons. The fourth-order valence-corrected chi connectivity index (χ4v) is 3.56. The van der Waals surface area contributed by atoms with E-state index in [1.807, 2.05) is 0 Å². The first-order valence-corrected chi connectivity index (χ1v) is 8.61. The summed E-state index contributed by atoms with van der Waals surface area (Å²) in [6, 6.07) is 4.11. The zero-order valence-corrected chi connectivity index (χ0v) is 14.2. The minimum atomic E-state index is -0.592. The molecule has 24 heavy (non-hydrogen) atoms. The van der Waals surface area contributed by atoms with Gasteiger partial charge in [-0.25, -0.2) is 4.39 Å². The lowest BCUT2D eigenvalue weighted by Crippen LogP contribution is -2.41. The Balaban J connectivity index is 1.66. The first kappa shape index (κ1) is 17.6. The van der Waals surface area contributed by atoms with E-state index in [4.69, 9.17) is 16.3 Å². The number of carbonyl (C=O) groups is 1. The summed E-state index contributed by atoms with van der Waals surface area (Å²) < 4.78 is 18.9. The highest BCUT2D eigenvalue weighted by atomic mass is 35.5. The average Bonchev–Trinajstić information content (AvgIpc) is 3.00. The van der Waals surface area contributed by atoms with Gasteiger partial charge in [0.25, 0.3) is 5.91 Å². The number of ether oxygens (including phenoxy) is 1. The number of morpholine rings is 1. The summed E-state index contributed by atoms with van der Waals surface area (Å²) in [4.78, 5) is 16.6. The van der Waals surface area contributed by atoms with Crippen molar-refractivity contribution >= 4 is 17.5 Å². The molecular weight excluding hydrogens is 335 g/mol. The molecule has 2 saturated heterocycles. The largest absolute Gasteiger partial charge is 0.396 e. The number of halogens is 2. The van der Waals surface area contributed by atoms with E-state index < -0.39 is 5.82 Å². The van der Waals surface area contributed by atoms with Crippen molar-refractivity contribution in [3.8, 4) is 0 Å². The standard InChI is InChI=1S/C17H22ClFN2O3/c18-15-2-1-12(7-16(15)19)17(23)21-9-13(14(10-21)11-22)8-20-3-5-24-6-4-20/h1-2,7,13-14,22H,3-6,8-11H2/t13-,14-/m0/s1. The molecule has 0 radical (unpaired) electrons. The molecule has 1 amide bonds. The lowest BCUT2D eigenvalue weighted by molar-refractivity contribution is 0.0264. The molecule has 3 rings (SSSR count). The van der Waals surface area contributed by atoms with Crippen LogP contribution in [0, 0.1) is 17.7 Å². The number of benzene rings is 1. The maximum Gasteiger partial charge on any atom is 0.253 e. The van der Waals surface area contributed by atoms with Crippen molar-refractivity contribution in [1.29, 1.82) is 0 Å². The second-order valence-corrected chi connectivity index (χ2v) is 6.86. The molecule has 2 aliphatic heterocycles. The molecule has 2 fully saturated rings. The van der Waals surface area contributed by atoms with Gasteiger partial charge in [0.05, 0.1) is 18.2 Å². The number of nitrogens with zero attached hydrogens (tertiary/aromatic N) is 2. The quantitative estimate of drug-likeness (QED) is 0.888. The van der Waals surface area contributed by atoms with E-state index in [-0.39, 0.29) is 29.4 Å². The average molecular weight is 357 g/mol. The Morgan fingerprint density at radius 2 is 2.00 bits per heavy atom. The number of carbonyl (C=O) groups excluding carboxylic acids is 1. The highest BCUT2D eigenvalue weighted by molar-refractivity contribution is 6.30. The molecule has 0 saturated carbocycles. The predicted octanol–water partition coefficient (Wildman–Crippen LogP) is 1.49. The summed E-state index contributed by atoms with van der Waals surface area (Å²) in [5.41, 5.74) is 0.292. The Labute approximate surface area is 145 Å². The summed E-state index contributed by atoms with van der Waals surface area (Å²) >= 11 is 5.67. The Bertz CT molecular complexity index is 595. The Morgan fingerprint density at radius 3 is 2.67 bits per heavy atom. The van der Waals surface area contributed by atoms with Crippen LogP contribution in [0.1, 0.15) is 10.4 Å². The highest BCUT2D eigenvalue weighted by Crippen LogP contribution is 2.26. The zero-order valence-electron chi connectivity index (χ0n) is 13.5. The van der Waals surface area contributed by atoms with Crippen LogP contribution in [-0.2, 0) is 4.74 Å². The maximum absolute atomic E-state index is 13.6. The minimum absolute atomic E-state index is 0.00593. The van der Waals surface area contributed by atoms with E-state index in [0.717, 1.165) is 32.8 Å². The second-order valence-electron chi connectivity index (χ2n) is 6.45. The van der Waals surface area contributed by atoms with Crippen molar-refractivity contribution in [2.24, 2.45) is 11.8 Å². The Hall–Kier alpha value is -1.21. The molecule has 2 aliphatic rings. The normalized spacial score (nSPS) is 25.2. The number of aliphatic hydroxyl groups is 1. The van der Waals surface area contributed by atoms with Gasteiger partial charge in [0.15, 0.2) is 0 Å². The molecule has 7 heteroatoms. The molecule has 1 aromatic carbocycles. The van der Waals surface area contributed by atoms with Crippen LogP contribution in [0.5, 0.6) is 0 Å². The fraction of sp³-hybridized carbons (Fsp3) is 0.588. The number of rotatable bonds is 4. The van der Waals surface area contributed by atoms with Crippen LogP contribution in [0.3, 0.4) is 0 Å². The van der Waals surface area contributed by atoms with E-state index >= 15 is 0 Å². The first-order chi connectivity index (χ1) is 11.6. The van der Waals surface area contributed by atoms with Gasteiger partial charge in [0, 0.05) is 50.8 Å². The third-order valence-corrected chi connectivity index (χ3v) is 5.17. The van der Waals surface area contributed by atoms with Gasteiger partial charge in [0.2, 0.25) is 0 Å². The number of amides is 1. The number of aliphatic hydroxyl groups excluding tert-OH is 1. The van der Waals surface area contributed by atoms with E-state index in [2.05, 4.69) is 4.90 Å². The minimum Gasteiger partial charge on any atom is -0.396 e. The summed E-state index contributed by atoms with van der Waals surface area (Å²) in [5, 5.41) is 9.66. The van der Waals surface area contributed by atoms with Crippen molar-refractivity contribution in [1.82, 2.24) is 9.80 Å². The van der Waals surface area contributed by atoms with Crippen LogP contribution in [0.2, 0.25) is 5.02 Å². The van der Waals surface area contributed by atoms with Crippen LogP contribution in [0.25, 0.3) is 0 Å². The zero-order chi connectivity index (χ0) is 17.1. The van der Waals surface area contributed by atoms with Crippen molar-refractivity contribution < 1.29 is 19.0 Å².